The molecule has 6 atom stereocenters. The molecule has 0 aliphatic carbocycles. The van der Waals surface area contributed by atoms with Gasteiger partial charge in [0.05, 0.1) is 51.9 Å². The van der Waals surface area contributed by atoms with Crippen molar-refractivity contribution in [3.05, 3.63) is 77.9 Å². The van der Waals surface area contributed by atoms with Crippen LogP contribution >= 0.6 is 11.8 Å². The number of urea groups is 1. The molecule has 0 bridgehead atoms. The van der Waals surface area contributed by atoms with Crippen LogP contribution < -0.4 is 50.9 Å². The number of ketones is 1. The highest BCUT2D eigenvalue weighted by Gasteiger charge is 2.42. The minimum atomic E-state index is -1.77. The lowest BCUT2D eigenvalue weighted by molar-refractivity contribution is -0.151. The van der Waals surface area contributed by atoms with Crippen LogP contribution in [0.15, 0.2) is 66.7 Å². The first-order valence-electron chi connectivity index (χ1n) is 21.8. The topological polar surface area (TPSA) is 357 Å². The van der Waals surface area contributed by atoms with Gasteiger partial charge >= 0.3 is 18.0 Å². The maximum absolute atomic E-state index is 13.7. The Morgan fingerprint density at radius 3 is 2.10 bits per heavy atom. The predicted molar refractivity (Wildman–Crippen MR) is 247 cm³/mol. The molecule has 0 radical (unpaired) electrons. The highest BCUT2D eigenvalue weighted by molar-refractivity contribution is 8.00. The number of thioether (sulfide) groups is 1. The molecule has 26 heteroatoms. The van der Waals surface area contributed by atoms with Gasteiger partial charge in [-0.1, -0.05) is 12.1 Å². The van der Waals surface area contributed by atoms with Crippen molar-refractivity contribution in [3.63, 3.8) is 0 Å². The fourth-order valence-corrected chi connectivity index (χ4v) is 9.25. The van der Waals surface area contributed by atoms with Crippen LogP contribution in [0, 0.1) is 0 Å². The number of aliphatic carboxylic acids is 1. The van der Waals surface area contributed by atoms with Gasteiger partial charge in [0.15, 0.2) is 24.2 Å². The Balaban J connectivity index is 1.09. The van der Waals surface area contributed by atoms with Crippen molar-refractivity contribution >= 4 is 59.1 Å². The van der Waals surface area contributed by atoms with Crippen molar-refractivity contribution < 1.29 is 82.9 Å². The molecule has 2 aliphatic rings. The Morgan fingerprint density at radius 1 is 0.775 bits per heavy atom. The summed E-state index contributed by atoms with van der Waals surface area (Å²) in [5, 5.41) is 65.0. The van der Waals surface area contributed by atoms with Gasteiger partial charge in [0.25, 0.3) is 5.91 Å². The van der Waals surface area contributed by atoms with Gasteiger partial charge in [-0.3, -0.25) is 28.5 Å². The lowest BCUT2D eigenvalue weighted by atomic mass is 9.97. The molecular weight excluding hydrogens is 957 g/mol. The quantitative estimate of drug-likeness (QED) is 0.0387. The van der Waals surface area contributed by atoms with E-state index < -0.39 is 116 Å². The molecule has 0 spiro atoms. The molecule has 2 fully saturated rings. The van der Waals surface area contributed by atoms with Gasteiger partial charge < -0.3 is 76.5 Å². The number of carboxylic acid groups (broad SMARTS) is 1. The minimum absolute atomic E-state index is 0.00560. The number of aromatic hydroxyl groups is 4. The molecule has 2 aromatic heterocycles. The monoisotopic (exact) mass is 1010 g/mol. The van der Waals surface area contributed by atoms with Crippen molar-refractivity contribution in [2.75, 3.05) is 33.1 Å². The molecule has 6 rings (SSSR count). The molecule has 4 aromatic rings. The summed E-state index contributed by atoms with van der Waals surface area (Å²) in [6.07, 6.45) is -0.479. The second-order valence-electron chi connectivity index (χ2n) is 16.2. The number of rotatable bonds is 25. The average Bonchev–Trinajstić information content (AvgIpc) is 4.09. The Labute approximate surface area is 408 Å². The van der Waals surface area contributed by atoms with E-state index in [2.05, 4.69) is 31.9 Å². The maximum atomic E-state index is 13.7. The van der Waals surface area contributed by atoms with E-state index in [0.717, 1.165) is 22.5 Å². The number of methoxy groups -OCH3 is 2. The molecule has 6 amide bonds. The zero-order valence-corrected chi connectivity index (χ0v) is 38.9. The molecule has 2 saturated heterocycles. The van der Waals surface area contributed by atoms with Gasteiger partial charge in [0.2, 0.25) is 29.5 Å². The van der Waals surface area contributed by atoms with Gasteiger partial charge in [-0.05, 0) is 42.7 Å². The summed E-state index contributed by atoms with van der Waals surface area (Å²) in [7, 11) is 2.85. The van der Waals surface area contributed by atoms with Gasteiger partial charge in [0.1, 0.15) is 29.3 Å². The third-order valence-corrected chi connectivity index (χ3v) is 12.8. The molecule has 380 valence electrons. The van der Waals surface area contributed by atoms with E-state index >= 15 is 0 Å². The van der Waals surface area contributed by atoms with Crippen LogP contribution in [0.1, 0.15) is 49.3 Å². The Hall–Kier alpha value is -8.29. The summed E-state index contributed by atoms with van der Waals surface area (Å²) in [5.41, 5.74) is 0.881. The smallest absolute Gasteiger partial charge is 0.335 e. The van der Waals surface area contributed by atoms with E-state index in [9.17, 15) is 63.9 Å². The van der Waals surface area contributed by atoms with Gasteiger partial charge in [-0.25, -0.2) is 14.4 Å². The standard InChI is InChI=1S/C45H52N8O17S/c1-67-26-10-11-27(31(17-26)68-2)41(23-6-8-25(9-7-23)69-21-35(57)48-29(44(64)65)18-40(62)70-53-38(60)14-15-39(53)61)50-34(56)19-46-43(63)28(16-24(54)20-52-36(58)12-13-37(52)59)47-33(55)5-3-4-32-42-30(22-71-32)49-45(66)51-42/h6-15,17,28-30,32,41-42,58-61H,3-5,16,18-22H2,1-2H3,(H,46,63)(H,47,55)(H,48,57)(H,50,56)(H,64,65)(H2,49,51,66)/t28?,29?,30?,32-,41?,42?/m0/s1. The summed E-state index contributed by atoms with van der Waals surface area (Å²) in [6, 6.07) is 10.7. The normalized spacial score (nSPS) is 17.0. The Bertz CT molecular complexity index is 2580. The number of hydrogen-bond donors (Lipinski definition) is 11. The number of fused-ring (bicyclic) bond motifs is 1. The van der Waals surface area contributed by atoms with Crippen LogP contribution in [-0.4, -0.2) is 145 Å². The van der Waals surface area contributed by atoms with Gasteiger partial charge in [-0.2, -0.15) is 11.8 Å². The minimum Gasteiger partial charge on any atom is -0.497 e. The number of carbonyl (C=O) groups is 8. The predicted octanol–water partition coefficient (Wildman–Crippen LogP) is -0.0754. The average molecular weight is 1010 g/mol. The molecule has 4 heterocycles. The molecular formula is C45H52N8O17S. The first-order chi connectivity index (χ1) is 33.9. The number of hydrogen-bond acceptors (Lipinski definition) is 17. The van der Waals surface area contributed by atoms with Crippen molar-refractivity contribution in [1.29, 1.82) is 0 Å². The van der Waals surface area contributed by atoms with Crippen LogP contribution in [0.25, 0.3) is 0 Å². The maximum Gasteiger partial charge on any atom is 0.335 e. The number of ether oxygens (including phenoxy) is 3. The van der Waals surface area contributed by atoms with E-state index in [4.69, 9.17) is 19.0 Å². The summed E-state index contributed by atoms with van der Waals surface area (Å²) in [4.78, 5) is 107. The van der Waals surface area contributed by atoms with Crippen molar-refractivity contribution in [2.45, 2.75) is 74.1 Å². The van der Waals surface area contributed by atoms with Crippen molar-refractivity contribution in [1.82, 2.24) is 41.2 Å². The summed E-state index contributed by atoms with van der Waals surface area (Å²) < 4.78 is 17.8. The van der Waals surface area contributed by atoms with Crippen LogP contribution in [0.2, 0.25) is 0 Å². The Morgan fingerprint density at radius 2 is 1.44 bits per heavy atom. The SMILES string of the molecule is COc1ccc(C(NC(=O)CNC(=O)C(CC(=O)Cn2c(O)ccc2O)NC(=O)CCC[C@@H]2SCC3NC(=O)NC32)c2ccc(OCC(=O)NC(CC(=O)On3c(O)ccc3O)C(=O)O)cc2)c(OC)c1. The number of carboxylic acids is 1. The number of nitrogens with one attached hydrogen (secondary N) is 6. The van der Waals surface area contributed by atoms with Crippen molar-refractivity contribution in [2.24, 2.45) is 0 Å². The second-order valence-corrected chi connectivity index (χ2v) is 17.4. The molecule has 5 unspecified atom stereocenters. The lowest BCUT2D eigenvalue weighted by Gasteiger charge is -2.23. The van der Waals surface area contributed by atoms with E-state index in [1.54, 1.807) is 42.1 Å². The van der Waals surface area contributed by atoms with E-state index in [1.165, 1.54) is 38.5 Å². The lowest BCUT2D eigenvalue weighted by Crippen LogP contribution is -2.50. The van der Waals surface area contributed by atoms with E-state index in [-0.39, 0.29) is 35.5 Å². The first-order valence-corrected chi connectivity index (χ1v) is 22.9. The number of Topliss-reactive ketones (excluding diaryl/α,β-unsaturated/α-hetero) is 1. The fraction of sp³-hybridized carbons (Fsp3) is 0.378. The van der Waals surface area contributed by atoms with Crippen molar-refractivity contribution in [3.8, 4) is 40.8 Å². The number of aromatic nitrogens is 2. The zero-order chi connectivity index (χ0) is 51.4. The van der Waals surface area contributed by atoms with Crippen LogP contribution in [0.4, 0.5) is 4.79 Å². The van der Waals surface area contributed by atoms with Crippen LogP contribution in [-0.2, 0) is 40.1 Å². The molecule has 11 N–H and O–H groups in total. The summed E-state index contributed by atoms with van der Waals surface area (Å²) in [5.74, 6) is -7.03. The summed E-state index contributed by atoms with van der Waals surface area (Å²) in [6.45, 7) is -1.88. The third-order valence-electron chi connectivity index (χ3n) is 11.2. The van der Waals surface area contributed by atoms with Gasteiger partial charge in [-0.15, -0.1) is 4.73 Å². The van der Waals surface area contributed by atoms with E-state index in [1.807, 2.05) is 0 Å². The largest absolute Gasteiger partial charge is 0.497 e. The van der Waals surface area contributed by atoms with Crippen LogP contribution in [0.5, 0.6) is 40.8 Å². The number of amides is 6. The highest BCUT2D eigenvalue weighted by atomic mass is 32.2. The van der Waals surface area contributed by atoms with Crippen LogP contribution in [0.3, 0.4) is 0 Å². The molecule has 2 aliphatic heterocycles. The van der Waals surface area contributed by atoms with E-state index in [0.29, 0.717) is 40.2 Å². The first kappa shape index (κ1) is 52.1. The molecule has 0 saturated carbocycles. The van der Waals surface area contributed by atoms with Gasteiger partial charge in [0, 0.05) is 59.7 Å². The molecule has 25 nitrogen and oxygen atoms in total. The number of nitrogens with zero attached hydrogens (tertiary/aromatic N) is 2. The number of carbonyl (C=O) groups excluding carboxylic acids is 7. The second kappa shape index (κ2) is 23.8. The third kappa shape index (κ3) is 13.9. The summed E-state index contributed by atoms with van der Waals surface area (Å²) >= 11 is 1.67. The zero-order valence-electron chi connectivity index (χ0n) is 38.1. The molecule has 2 aromatic carbocycles. The fourth-order valence-electron chi connectivity index (χ4n) is 7.70. The number of benzene rings is 2. The Kier molecular flexibility index (Phi) is 17.5. The highest BCUT2D eigenvalue weighted by Crippen LogP contribution is 2.35. The molecule has 71 heavy (non-hydrogen) atoms.